The van der Waals surface area contributed by atoms with E-state index < -0.39 is 5.60 Å². The maximum atomic E-state index is 12.9. The van der Waals surface area contributed by atoms with E-state index in [4.69, 9.17) is 21.1 Å². The van der Waals surface area contributed by atoms with Crippen molar-refractivity contribution in [1.29, 1.82) is 0 Å². The molecule has 0 bridgehead atoms. The highest BCUT2D eigenvalue weighted by Gasteiger charge is 2.36. The Bertz CT molecular complexity index is 1100. The molecule has 8 nitrogen and oxygen atoms in total. The van der Waals surface area contributed by atoms with E-state index in [-0.39, 0.29) is 23.9 Å². The number of anilines is 1. The molecule has 32 heavy (non-hydrogen) atoms. The number of methoxy groups -OCH3 is 1. The Morgan fingerprint density at radius 3 is 2.50 bits per heavy atom. The number of nitrogens with zero attached hydrogens (tertiary/aromatic N) is 4. The predicted octanol–water partition coefficient (Wildman–Crippen LogP) is 4.68. The molecular formula is C22H30BrClN4O4. The van der Waals surface area contributed by atoms with Crippen molar-refractivity contribution in [1.82, 2.24) is 14.5 Å². The Hall–Kier alpha value is -2.00. The average Bonchev–Trinajstić information content (AvgIpc) is 2.69. The molecule has 1 fully saturated rings. The number of piperazine rings is 1. The Kier molecular flexibility index (Phi) is 7.00. The summed E-state index contributed by atoms with van der Waals surface area (Å²) in [7, 11) is 1.55. The van der Waals surface area contributed by atoms with Crippen LogP contribution in [0.5, 0.6) is 5.75 Å². The summed E-state index contributed by atoms with van der Waals surface area (Å²) in [4.78, 5) is 33.9. The molecule has 0 aliphatic carbocycles. The van der Waals surface area contributed by atoms with Crippen LogP contribution in [0.4, 0.5) is 10.6 Å². The second-order valence-electron chi connectivity index (χ2n) is 9.05. The Morgan fingerprint density at radius 1 is 1.28 bits per heavy atom. The SMILES string of the molecule is CCn1c(=O)nc(N2C[C@@H](C)N(C(=O)OC(C)(C)C)C[C@@H]2C)c2cc(Cl)c(Br)c(OC)c21. The van der Waals surface area contributed by atoms with Gasteiger partial charge in [0.15, 0.2) is 5.75 Å². The summed E-state index contributed by atoms with van der Waals surface area (Å²) in [6, 6.07) is 1.56. The number of aryl methyl sites for hydroxylation is 1. The van der Waals surface area contributed by atoms with E-state index in [1.54, 1.807) is 22.6 Å². The number of hydrogen-bond donors (Lipinski definition) is 0. The number of hydrogen-bond acceptors (Lipinski definition) is 6. The van der Waals surface area contributed by atoms with E-state index in [1.165, 1.54) is 0 Å². The maximum absolute atomic E-state index is 12.9. The first kappa shape index (κ1) is 24.6. The average molecular weight is 530 g/mol. The standard InChI is InChI=1S/C22H30BrClN4O4/c1-8-26-17-14(9-15(24)16(23)18(17)31-7)19(25-20(26)29)27-10-13(3)28(11-12(27)2)21(30)32-22(4,5)6/h9,12-13H,8,10-11H2,1-7H3/t12-,13+/m0/s1. The van der Waals surface area contributed by atoms with Crippen LogP contribution in [0.2, 0.25) is 5.02 Å². The van der Waals surface area contributed by atoms with Crippen molar-refractivity contribution in [2.75, 3.05) is 25.1 Å². The molecule has 3 rings (SSSR count). The van der Waals surface area contributed by atoms with Crippen LogP contribution in [0.15, 0.2) is 15.3 Å². The van der Waals surface area contributed by atoms with Gasteiger partial charge in [-0.25, -0.2) is 9.59 Å². The Balaban J connectivity index is 2.10. The van der Waals surface area contributed by atoms with Gasteiger partial charge in [0, 0.05) is 37.1 Å². The van der Waals surface area contributed by atoms with Crippen LogP contribution < -0.4 is 15.3 Å². The summed E-state index contributed by atoms with van der Waals surface area (Å²) in [5, 5.41) is 1.19. The Morgan fingerprint density at radius 2 is 1.94 bits per heavy atom. The number of benzene rings is 1. The molecule has 2 aromatic rings. The van der Waals surface area contributed by atoms with E-state index >= 15 is 0 Å². The van der Waals surface area contributed by atoms with Gasteiger partial charge in [0.25, 0.3) is 0 Å². The van der Waals surface area contributed by atoms with Crippen LogP contribution in [0, 0.1) is 0 Å². The van der Waals surface area contributed by atoms with E-state index in [2.05, 4.69) is 25.8 Å². The number of carbonyl (C=O) groups excluding carboxylic acids is 1. The third-order valence-electron chi connectivity index (χ3n) is 5.50. The van der Waals surface area contributed by atoms with Crippen molar-refractivity contribution in [3.05, 3.63) is 26.0 Å². The fourth-order valence-electron chi connectivity index (χ4n) is 4.03. The van der Waals surface area contributed by atoms with E-state index in [9.17, 15) is 9.59 Å². The second-order valence-corrected chi connectivity index (χ2v) is 10.2. The summed E-state index contributed by atoms with van der Waals surface area (Å²) in [6.45, 7) is 12.8. The van der Waals surface area contributed by atoms with Gasteiger partial charge >= 0.3 is 11.8 Å². The smallest absolute Gasteiger partial charge is 0.410 e. The first-order valence-electron chi connectivity index (χ1n) is 10.6. The fraction of sp³-hybridized carbons (Fsp3) is 0.591. The van der Waals surface area contributed by atoms with Crippen LogP contribution in [-0.2, 0) is 11.3 Å². The summed E-state index contributed by atoms with van der Waals surface area (Å²) in [5.74, 6) is 1.02. The lowest BCUT2D eigenvalue weighted by Gasteiger charge is -2.45. The van der Waals surface area contributed by atoms with Gasteiger partial charge in [0.1, 0.15) is 11.4 Å². The molecule has 2 heterocycles. The summed E-state index contributed by atoms with van der Waals surface area (Å²) in [5.41, 5.74) is -0.298. The normalized spacial score (nSPS) is 19.4. The quantitative estimate of drug-likeness (QED) is 0.575. The molecule has 1 amide bonds. The molecule has 0 radical (unpaired) electrons. The molecule has 0 spiro atoms. The van der Waals surface area contributed by atoms with Crippen LogP contribution in [0.1, 0.15) is 41.5 Å². The lowest BCUT2D eigenvalue weighted by atomic mass is 10.1. The molecule has 1 aromatic carbocycles. The highest BCUT2D eigenvalue weighted by molar-refractivity contribution is 9.10. The van der Waals surface area contributed by atoms with Crippen molar-refractivity contribution in [3.63, 3.8) is 0 Å². The predicted molar refractivity (Wildman–Crippen MR) is 130 cm³/mol. The third kappa shape index (κ3) is 4.55. The molecule has 0 N–H and O–H groups in total. The minimum absolute atomic E-state index is 0.0975. The molecule has 0 unspecified atom stereocenters. The van der Waals surface area contributed by atoms with Gasteiger partial charge in [0.05, 0.1) is 22.1 Å². The molecular weight excluding hydrogens is 500 g/mol. The lowest BCUT2D eigenvalue weighted by molar-refractivity contribution is 0.0130. The zero-order valence-electron chi connectivity index (χ0n) is 19.5. The number of halogens is 2. The molecule has 2 atom stereocenters. The van der Waals surface area contributed by atoms with Crippen molar-refractivity contribution < 1.29 is 14.3 Å². The van der Waals surface area contributed by atoms with Gasteiger partial charge in [-0.2, -0.15) is 4.98 Å². The van der Waals surface area contributed by atoms with Crippen LogP contribution in [0.25, 0.3) is 10.9 Å². The lowest BCUT2D eigenvalue weighted by Crippen LogP contribution is -2.59. The molecule has 1 saturated heterocycles. The number of ether oxygens (including phenoxy) is 2. The van der Waals surface area contributed by atoms with E-state index in [0.717, 1.165) is 5.39 Å². The topological polar surface area (TPSA) is 76.9 Å². The summed E-state index contributed by atoms with van der Waals surface area (Å²) < 4.78 is 13.4. The van der Waals surface area contributed by atoms with Gasteiger partial charge in [-0.05, 0) is 63.5 Å². The van der Waals surface area contributed by atoms with Gasteiger partial charge in [-0.3, -0.25) is 4.57 Å². The molecule has 10 heteroatoms. The number of fused-ring (bicyclic) bond motifs is 1. The first-order chi connectivity index (χ1) is 14.9. The Labute approximate surface area is 201 Å². The molecule has 176 valence electrons. The maximum Gasteiger partial charge on any atom is 0.410 e. The summed E-state index contributed by atoms with van der Waals surface area (Å²) >= 11 is 9.95. The van der Waals surface area contributed by atoms with Crippen molar-refractivity contribution in [3.8, 4) is 5.75 Å². The first-order valence-corrected chi connectivity index (χ1v) is 11.8. The fourth-order valence-corrected chi connectivity index (χ4v) is 4.69. The van der Waals surface area contributed by atoms with Gasteiger partial charge in [0.2, 0.25) is 0 Å². The van der Waals surface area contributed by atoms with Crippen LogP contribution in [0.3, 0.4) is 0 Å². The molecule has 1 aliphatic heterocycles. The number of aromatic nitrogens is 2. The van der Waals surface area contributed by atoms with Crippen LogP contribution >= 0.6 is 27.5 Å². The largest absolute Gasteiger partial charge is 0.493 e. The molecule has 1 aromatic heterocycles. The monoisotopic (exact) mass is 528 g/mol. The second kappa shape index (κ2) is 9.09. The summed E-state index contributed by atoms with van der Waals surface area (Å²) in [6.07, 6.45) is -0.343. The number of amides is 1. The van der Waals surface area contributed by atoms with E-state index in [0.29, 0.717) is 46.2 Å². The molecule has 1 aliphatic rings. The highest BCUT2D eigenvalue weighted by atomic mass is 79.9. The number of rotatable bonds is 3. The van der Waals surface area contributed by atoms with Crippen molar-refractivity contribution >= 4 is 50.3 Å². The molecule has 0 saturated carbocycles. The zero-order valence-corrected chi connectivity index (χ0v) is 21.9. The van der Waals surface area contributed by atoms with Crippen LogP contribution in [-0.4, -0.2) is 58.4 Å². The number of carbonyl (C=O) groups is 1. The van der Waals surface area contributed by atoms with Crippen molar-refractivity contribution in [2.45, 2.75) is 65.8 Å². The third-order valence-corrected chi connectivity index (χ3v) is 6.81. The van der Waals surface area contributed by atoms with Gasteiger partial charge < -0.3 is 19.3 Å². The van der Waals surface area contributed by atoms with Crippen molar-refractivity contribution in [2.24, 2.45) is 0 Å². The highest BCUT2D eigenvalue weighted by Crippen LogP contribution is 2.41. The zero-order chi connectivity index (χ0) is 24.0. The van der Waals surface area contributed by atoms with Gasteiger partial charge in [-0.1, -0.05) is 11.6 Å². The minimum atomic E-state index is -0.569. The van der Waals surface area contributed by atoms with E-state index in [1.807, 2.05) is 41.5 Å². The minimum Gasteiger partial charge on any atom is -0.493 e. The van der Waals surface area contributed by atoms with Gasteiger partial charge in [-0.15, -0.1) is 0 Å².